The molecule has 1 fully saturated rings. The first kappa shape index (κ1) is 11.0. The lowest BCUT2D eigenvalue weighted by molar-refractivity contribution is 0.0889. The maximum atomic E-state index is 9.71. The highest BCUT2D eigenvalue weighted by Gasteiger charge is 2.14. The fourth-order valence-corrected chi connectivity index (χ4v) is 1.81. The van der Waals surface area contributed by atoms with Crippen molar-refractivity contribution in [2.45, 2.75) is 26.4 Å². The highest BCUT2D eigenvalue weighted by molar-refractivity contribution is 4.71. The molecule has 78 valence electrons. The molecule has 0 amide bonds. The Morgan fingerprint density at radius 1 is 1.31 bits per heavy atom. The molecule has 3 nitrogen and oxygen atoms in total. The minimum Gasteiger partial charge on any atom is -0.392 e. The lowest BCUT2D eigenvalue weighted by atomic mass is 10.1. The fourth-order valence-electron chi connectivity index (χ4n) is 1.81. The van der Waals surface area contributed by atoms with Gasteiger partial charge in [-0.2, -0.15) is 0 Å². The van der Waals surface area contributed by atoms with E-state index >= 15 is 0 Å². The van der Waals surface area contributed by atoms with Gasteiger partial charge < -0.3 is 10.4 Å². The summed E-state index contributed by atoms with van der Waals surface area (Å²) in [7, 11) is 0. The average molecular weight is 186 g/mol. The Bertz CT molecular complexity index is 133. The van der Waals surface area contributed by atoms with E-state index < -0.39 is 0 Å². The maximum absolute atomic E-state index is 9.71. The van der Waals surface area contributed by atoms with E-state index in [0.717, 1.165) is 39.1 Å². The minimum absolute atomic E-state index is 0.141. The molecule has 0 aromatic heterocycles. The third-order valence-corrected chi connectivity index (χ3v) is 2.42. The number of aliphatic hydroxyl groups is 1. The van der Waals surface area contributed by atoms with Gasteiger partial charge >= 0.3 is 0 Å². The Balaban J connectivity index is 2.14. The zero-order valence-electron chi connectivity index (χ0n) is 8.79. The summed E-state index contributed by atoms with van der Waals surface area (Å²) in [5.74, 6) is 0.595. The summed E-state index contributed by atoms with van der Waals surface area (Å²) in [6.45, 7) is 9.44. The summed E-state index contributed by atoms with van der Waals surface area (Å²) in [6, 6.07) is 0. The number of rotatable bonds is 4. The molecule has 0 saturated carbocycles. The van der Waals surface area contributed by atoms with Crippen LogP contribution in [0.3, 0.4) is 0 Å². The third-order valence-electron chi connectivity index (χ3n) is 2.42. The predicted octanol–water partition coefficient (Wildman–Crippen LogP) is 0.299. The van der Waals surface area contributed by atoms with Crippen molar-refractivity contribution in [2.75, 3.05) is 32.7 Å². The van der Waals surface area contributed by atoms with E-state index in [-0.39, 0.29) is 6.10 Å². The monoisotopic (exact) mass is 186 g/mol. The van der Waals surface area contributed by atoms with Crippen LogP contribution in [0.15, 0.2) is 0 Å². The predicted molar refractivity (Wildman–Crippen MR) is 54.8 cm³/mol. The number of hydrogen-bond acceptors (Lipinski definition) is 3. The zero-order chi connectivity index (χ0) is 9.68. The van der Waals surface area contributed by atoms with Crippen LogP contribution in [-0.2, 0) is 0 Å². The Labute approximate surface area is 81.1 Å². The fraction of sp³-hybridized carbons (Fsp3) is 1.00. The normalized spacial score (nSPS) is 22.2. The van der Waals surface area contributed by atoms with Crippen LogP contribution in [0.25, 0.3) is 0 Å². The highest BCUT2D eigenvalue weighted by Crippen LogP contribution is 2.06. The Morgan fingerprint density at radius 2 is 1.92 bits per heavy atom. The van der Waals surface area contributed by atoms with E-state index in [9.17, 15) is 5.11 Å². The molecule has 0 spiro atoms. The van der Waals surface area contributed by atoms with Crippen LogP contribution in [0.4, 0.5) is 0 Å². The van der Waals surface area contributed by atoms with Crippen LogP contribution < -0.4 is 5.32 Å². The summed E-state index contributed by atoms with van der Waals surface area (Å²) in [5.41, 5.74) is 0. The SMILES string of the molecule is CC(C)CC(O)CN1CCNCC1. The molecular weight excluding hydrogens is 164 g/mol. The van der Waals surface area contributed by atoms with Crippen molar-refractivity contribution < 1.29 is 5.11 Å². The van der Waals surface area contributed by atoms with Crippen LogP contribution in [-0.4, -0.2) is 48.8 Å². The first-order valence-corrected chi connectivity index (χ1v) is 5.29. The van der Waals surface area contributed by atoms with E-state index in [1.54, 1.807) is 0 Å². The summed E-state index contributed by atoms with van der Waals surface area (Å²) in [4.78, 5) is 2.34. The summed E-state index contributed by atoms with van der Waals surface area (Å²) >= 11 is 0. The van der Waals surface area contributed by atoms with Gasteiger partial charge in [0.05, 0.1) is 6.10 Å². The summed E-state index contributed by atoms with van der Waals surface area (Å²) < 4.78 is 0. The van der Waals surface area contributed by atoms with E-state index in [4.69, 9.17) is 0 Å². The van der Waals surface area contributed by atoms with Crippen LogP contribution >= 0.6 is 0 Å². The number of nitrogens with one attached hydrogen (secondary N) is 1. The van der Waals surface area contributed by atoms with Crippen molar-refractivity contribution in [3.8, 4) is 0 Å². The van der Waals surface area contributed by atoms with Gasteiger partial charge in [-0.25, -0.2) is 0 Å². The molecular formula is C10H22N2O. The number of piperazine rings is 1. The lowest BCUT2D eigenvalue weighted by Gasteiger charge is -2.29. The van der Waals surface area contributed by atoms with Crippen molar-refractivity contribution in [3.63, 3.8) is 0 Å². The molecule has 1 aliphatic heterocycles. The lowest BCUT2D eigenvalue weighted by Crippen LogP contribution is -2.46. The van der Waals surface area contributed by atoms with Crippen molar-refractivity contribution in [1.29, 1.82) is 0 Å². The van der Waals surface area contributed by atoms with Gasteiger partial charge in [-0.3, -0.25) is 4.90 Å². The molecule has 0 bridgehead atoms. The number of nitrogens with zero attached hydrogens (tertiary/aromatic N) is 1. The van der Waals surface area contributed by atoms with Gasteiger partial charge in [0.1, 0.15) is 0 Å². The standard InChI is InChI=1S/C10H22N2O/c1-9(2)7-10(13)8-12-5-3-11-4-6-12/h9-11,13H,3-8H2,1-2H3. The molecule has 1 heterocycles. The zero-order valence-corrected chi connectivity index (χ0v) is 8.79. The van der Waals surface area contributed by atoms with E-state index in [2.05, 4.69) is 24.1 Å². The molecule has 1 atom stereocenters. The van der Waals surface area contributed by atoms with Gasteiger partial charge in [0.25, 0.3) is 0 Å². The first-order chi connectivity index (χ1) is 6.18. The molecule has 0 radical (unpaired) electrons. The van der Waals surface area contributed by atoms with Gasteiger partial charge in [0.15, 0.2) is 0 Å². The van der Waals surface area contributed by atoms with Gasteiger partial charge in [0.2, 0.25) is 0 Å². The van der Waals surface area contributed by atoms with E-state index in [1.165, 1.54) is 0 Å². The van der Waals surface area contributed by atoms with Crippen molar-refractivity contribution in [2.24, 2.45) is 5.92 Å². The second-order valence-corrected chi connectivity index (χ2v) is 4.33. The quantitative estimate of drug-likeness (QED) is 0.663. The highest BCUT2D eigenvalue weighted by atomic mass is 16.3. The molecule has 2 N–H and O–H groups in total. The number of hydrogen-bond donors (Lipinski definition) is 2. The molecule has 1 unspecified atom stereocenters. The number of aliphatic hydroxyl groups excluding tert-OH is 1. The van der Waals surface area contributed by atoms with Gasteiger partial charge in [0, 0.05) is 32.7 Å². The largest absolute Gasteiger partial charge is 0.392 e. The average Bonchev–Trinajstić information content (AvgIpc) is 2.04. The minimum atomic E-state index is -0.141. The third kappa shape index (κ3) is 4.60. The molecule has 0 aromatic carbocycles. The Morgan fingerprint density at radius 3 is 2.46 bits per heavy atom. The van der Waals surface area contributed by atoms with Gasteiger partial charge in [-0.15, -0.1) is 0 Å². The number of β-amino-alcohol motifs (C(OH)–C–C–N with tert-alkyl or cyclic N) is 1. The second kappa shape index (κ2) is 5.58. The summed E-state index contributed by atoms with van der Waals surface area (Å²) in [5, 5.41) is 13.0. The molecule has 1 saturated heterocycles. The van der Waals surface area contributed by atoms with Gasteiger partial charge in [-0.05, 0) is 12.3 Å². The smallest absolute Gasteiger partial charge is 0.0669 e. The van der Waals surface area contributed by atoms with E-state index in [1.807, 2.05) is 0 Å². The summed E-state index contributed by atoms with van der Waals surface area (Å²) in [6.07, 6.45) is 0.780. The van der Waals surface area contributed by atoms with Crippen LogP contribution in [0.1, 0.15) is 20.3 Å². The molecule has 0 aromatic rings. The van der Waals surface area contributed by atoms with Crippen LogP contribution in [0.5, 0.6) is 0 Å². The molecule has 0 aliphatic carbocycles. The Hall–Kier alpha value is -0.120. The first-order valence-electron chi connectivity index (χ1n) is 5.29. The van der Waals surface area contributed by atoms with Crippen LogP contribution in [0, 0.1) is 5.92 Å². The topological polar surface area (TPSA) is 35.5 Å². The van der Waals surface area contributed by atoms with Crippen molar-refractivity contribution >= 4 is 0 Å². The van der Waals surface area contributed by atoms with Gasteiger partial charge in [-0.1, -0.05) is 13.8 Å². The maximum Gasteiger partial charge on any atom is 0.0669 e. The van der Waals surface area contributed by atoms with Crippen molar-refractivity contribution in [3.05, 3.63) is 0 Å². The molecule has 3 heteroatoms. The van der Waals surface area contributed by atoms with Crippen molar-refractivity contribution in [1.82, 2.24) is 10.2 Å². The van der Waals surface area contributed by atoms with E-state index in [0.29, 0.717) is 5.92 Å². The molecule has 13 heavy (non-hydrogen) atoms. The Kier molecular flexibility index (Phi) is 4.70. The molecule has 1 aliphatic rings. The van der Waals surface area contributed by atoms with Crippen LogP contribution in [0.2, 0.25) is 0 Å². The molecule has 1 rings (SSSR count). The second-order valence-electron chi connectivity index (χ2n) is 4.33.